The standard InChI is InChI=1S/C22H36N2O3S/c25-22(23-13-11-18-6-1-3-8-20(18)16-23)10-5-15-28(26,27)24-14-12-19-7-2-4-9-21(19)17-24/h8,18-19,21H,1-7,9-17H2. The number of carbonyl (C=O) groups excluding carboxylic acids is 1. The third kappa shape index (κ3) is 4.64. The van der Waals surface area contributed by atoms with Crippen molar-refractivity contribution in [1.82, 2.24) is 9.21 Å². The van der Waals surface area contributed by atoms with E-state index in [4.69, 9.17) is 0 Å². The van der Waals surface area contributed by atoms with Crippen molar-refractivity contribution in [3.63, 3.8) is 0 Å². The van der Waals surface area contributed by atoms with E-state index in [9.17, 15) is 13.2 Å². The van der Waals surface area contributed by atoms with Crippen LogP contribution in [0.5, 0.6) is 0 Å². The zero-order valence-electron chi connectivity index (χ0n) is 17.2. The summed E-state index contributed by atoms with van der Waals surface area (Å²) >= 11 is 0. The van der Waals surface area contributed by atoms with E-state index >= 15 is 0 Å². The normalized spacial score (nSPS) is 31.6. The van der Waals surface area contributed by atoms with Crippen LogP contribution in [0.25, 0.3) is 0 Å². The first-order valence-corrected chi connectivity index (χ1v) is 13.1. The zero-order chi connectivity index (χ0) is 19.6. The molecule has 3 unspecified atom stereocenters. The molecular formula is C22H36N2O3S. The summed E-state index contributed by atoms with van der Waals surface area (Å²) in [5, 5.41) is 0. The van der Waals surface area contributed by atoms with E-state index in [0.717, 1.165) is 38.3 Å². The van der Waals surface area contributed by atoms with Gasteiger partial charge in [-0.05, 0) is 62.7 Å². The molecule has 158 valence electrons. The van der Waals surface area contributed by atoms with Crippen LogP contribution in [0.15, 0.2) is 11.6 Å². The molecule has 5 nitrogen and oxygen atoms in total. The van der Waals surface area contributed by atoms with Gasteiger partial charge in [-0.1, -0.05) is 30.9 Å². The minimum absolute atomic E-state index is 0.120. The minimum atomic E-state index is -3.23. The van der Waals surface area contributed by atoms with Crippen LogP contribution >= 0.6 is 0 Å². The molecule has 2 saturated heterocycles. The van der Waals surface area contributed by atoms with Crippen molar-refractivity contribution in [1.29, 1.82) is 0 Å². The highest BCUT2D eigenvalue weighted by atomic mass is 32.2. The van der Waals surface area contributed by atoms with Crippen LogP contribution in [0.4, 0.5) is 0 Å². The Morgan fingerprint density at radius 3 is 2.68 bits per heavy atom. The van der Waals surface area contributed by atoms with E-state index < -0.39 is 10.0 Å². The van der Waals surface area contributed by atoms with Crippen molar-refractivity contribution >= 4 is 15.9 Å². The second-order valence-electron chi connectivity index (χ2n) is 9.38. The lowest BCUT2D eigenvalue weighted by atomic mass is 9.76. The van der Waals surface area contributed by atoms with E-state index in [1.54, 1.807) is 4.31 Å². The number of carbonyl (C=O) groups is 1. The Morgan fingerprint density at radius 1 is 1.00 bits per heavy atom. The number of hydrogen-bond donors (Lipinski definition) is 0. The van der Waals surface area contributed by atoms with E-state index in [-0.39, 0.29) is 11.7 Å². The molecule has 2 aliphatic heterocycles. The SMILES string of the molecule is O=C(CCCS(=O)(=O)N1CCC2CCCCC2C1)N1CCC2CCCC=C2C1. The van der Waals surface area contributed by atoms with Crippen molar-refractivity contribution in [3.05, 3.63) is 11.6 Å². The van der Waals surface area contributed by atoms with Gasteiger partial charge in [0.1, 0.15) is 0 Å². The van der Waals surface area contributed by atoms with E-state index in [1.165, 1.54) is 44.1 Å². The second-order valence-corrected chi connectivity index (χ2v) is 11.5. The molecule has 1 amide bonds. The molecule has 28 heavy (non-hydrogen) atoms. The summed E-state index contributed by atoms with van der Waals surface area (Å²) in [4.78, 5) is 14.6. The largest absolute Gasteiger partial charge is 0.339 e. The van der Waals surface area contributed by atoms with Gasteiger partial charge in [-0.3, -0.25) is 4.79 Å². The quantitative estimate of drug-likeness (QED) is 0.654. The van der Waals surface area contributed by atoms with Crippen molar-refractivity contribution < 1.29 is 13.2 Å². The Balaban J connectivity index is 1.24. The fraction of sp³-hybridized carbons (Fsp3) is 0.864. The van der Waals surface area contributed by atoms with Gasteiger partial charge < -0.3 is 4.90 Å². The first kappa shape index (κ1) is 20.4. The molecule has 6 heteroatoms. The summed E-state index contributed by atoms with van der Waals surface area (Å²) in [6.07, 6.45) is 13.9. The van der Waals surface area contributed by atoms with E-state index in [0.29, 0.717) is 37.8 Å². The van der Waals surface area contributed by atoms with Gasteiger partial charge >= 0.3 is 0 Å². The summed E-state index contributed by atoms with van der Waals surface area (Å²) in [6, 6.07) is 0. The summed E-state index contributed by atoms with van der Waals surface area (Å²) in [6.45, 7) is 3.00. The van der Waals surface area contributed by atoms with Gasteiger partial charge in [-0.2, -0.15) is 0 Å². The Hall–Kier alpha value is -0.880. The number of fused-ring (bicyclic) bond motifs is 2. The summed E-state index contributed by atoms with van der Waals surface area (Å²) in [5.41, 5.74) is 1.44. The first-order valence-electron chi connectivity index (χ1n) is 11.5. The molecule has 2 aliphatic carbocycles. The maximum atomic E-state index is 12.8. The van der Waals surface area contributed by atoms with Crippen LogP contribution in [-0.4, -0.2) is 55.5 Å². The van der Waals surface area contributed by atoms with Gasteiger partial charge in [0.2, 0.25) is 15.9 Å². The van der Waals surface area contributed by atoms with Gasteiger partial charge in [0, 0.05) is 32.6 Å². The van der Waals surface area contributed by atoms with Gasteiger partial charge in [0.15, 0.2) is 0 Å². The molecule has 0 aromatic carbocycles. The number of piperidine rings is 2. The molecule has 3 atom stereocenters. The van der Waals surface area contributed by atoms with E-state index in [1.807, 2.05) is 4.90 Å². The average Bonchev–Trinajstić information content (AvgIpc) is 2.72. The Bertz CT molecular complexity index is 703. The Morgan fingerprint density at radius 2 is 1.82 bits per heavy atom. The van der Waals surface area contributed by atoms with Crippen LogP contribution < -0.4 is 0 Å². The van der Waals surface area contributed by atoms with Crippen LogP contribution in [0, 0.1) is 17.8 Å². The number of hydrogen-bond acceptors (Lipinski definition) is 3. The second kappa shape index (κ2) is 8.86. The van der Waals surface area contributed by atoms with Crippen molar-refractivity contribution in [2.45, 2.75) is 70.6 Å². The molecule has 4 aliphatic rings. The lowest BCUT2D eigenvalue weighted by molar-refractivity contribution is -0.131. The summed E-state index contributed by atoms with van der Waals surface area (Å²) in [5.74, 6) is 2.23. The topological polar surface area (TPSA) is 57.7 Å². The number of amides is 1. The molecule has 2 heterocycles. The maximum Gasteiger partial charge on any atom is 0.222 e. The average molecular weight is 409 g/mol. The molecule has 0 radical (unpaired) electrons. The highest BCUT2D eigenvalue weighted by Gasteiger charge is 2.35. The molecule has 0 aromatic heterocycles. The first-order chi connectivity index (χ1) is 13.5. The molecule has 0 N–H and O–H groups in total. The predicted octanol–water partition coefficient (Wildman–Crippen LogP) is 3.57. The van der Waals surface area contributed by atoms with Gasteiger partial charge in [-0.25, -0.2) is 12.7 Å². The van der Waals surface area contributed by atoms with Gasteiger partial charge in [0.25, 0.3) is 0 Å². The fourth-order valence-electron chi connectivity index (χ4n) is 5.86. The fourth-order valence-corrected chi connectivity index (χ4v) is 7.43. The van der Waals surface area contributed by atoms with Crippen molar-refractivity contribution in [3.8, 4) is 0 Å². The lowest BCUT2D eigenvalue weighted by Gasteiger charge is -2.40. The molecule has 1 saturated carbocycles. The van der Waals surface area contributed by atoms with Crippen molar-refractivity contribution in [2.24, 2.45) is 17.8 Å². The van der Waals surface area contributed by atoms with Gasteiger partial charge in [-0.15, -0.1) is 0 Å². The highest BCUT2D eigenvalue weighted by Crippen LogP contribution is 2.37. The van der Waals surface area contributed by atoms with Crippen molar-refractivity contribution in [2.75, 3.05) is 31.9 Å². The van der Waals surface area contributed by atoms with E-state index in [2.05, 4.69) is 6.08 Å². The lowest BCUT2D eigenvalue weighted by Crippen LogP contribution is -2.45. The zero-order valence-corrected chi connectivity index (χ0v) is 18.0. The third-order valence-corrected chi connectivity index (χ3v) is 9.52. The van der Waals surface area contributed by atoms with Crippen LogP contribution in [0.1, 0.15) is 70.6 Å². The molecule has 0 spiro atoms. The predicted molar refractivity (Wildman–Crippen MR) is 111 cm³/mol. The number of rotatable bonds is 5. The maximum absolute atomic E-state index is 12.8. The molecular weight excluding hydrogens is 372 g/mol. The Kier molecular flexibility index (Phi) is 6.46. The van der Waals surface area contributed by atoms with Crippen LogP contribution in [-0.2, 0) is 14.8 Å². The van der Waals surface area contributed by atoms with Crippen LogP contribution in [0.3, 0.4) is 0 Å². The molecule has 0 aromatic rings. The number of likely N-dealkylation sites (tertiary alicyclic amines) is 1. The molecule has 3 fully saturated rings. The minimum Gasteiger partial charge on any atom is -0.339 e. The van der Waals surface area contributed by atoms with Gasteiger partial charge in [0.05, 0.1) is 5.75 Å². The monoisotopic (exact) mass is 408 g/mol. The molecule has 4 rings (SSSR count). The summed E-state index contributed by atoms with van der Waals surface area (Å²) in [7, 11) is -3.23. The summed E-state index contributed by atoms with van der Waals surface area (Å²) < 4.78 is 27.3. The number of sulfonamides is 1. The number of nitrogens with zero attached hydrogens (tertiary/aromatic N) is 2. The number of allylic oxidation sites excluding steroid dienone is 1. The van der Waals surface area contributed by atoms with Crippen LogP contribution in [0.2, 0.25) is 0 Å². The molecule has 0 bridgehead atoms. The smallest absolute Gasteiger partial charge is 0.222 e. The Labute approximate surface area is 170 Å². The highest BCUT2D eigenvalue weighted by molar-refractivity contribution is 7.89. The third-order valence-electron chi connectivity index (χ3n) is 7.60.